The van der Waals surface area contributed by atoms with Gasteiger partial charge in [-0.1, -0.05) is 11.6 Å². The van der Waals surface area contributed by atoms with Crippen LogP contribution in [0.15, 0.2) is 42.5 Å². The quantitative estimate of drug-likeness (QED) is 0.903. The maximum Gasteiger partial charge on any atom is 0.145 e. The van der Waals surface area contributed by atoms with Crippen LogP contribution < -0.4 is 10.1 Å². The molecule has 0 aliphatic rings. The highest BCUT2D eigenvalue weighted by Gasteiger charge is 2.05. The summed E-state index contributed by atoms with van der Waals surface area (Å²) >= 11 is 5.82. The Balaban J connectivity index is 2.25. The van der Waals surface area contributed by atoms with Crippen molar-refractivity contribution in [3.8, 4) is 17.6 Å². The van der Waals surface area contributed by atoms with Gasteiger partial charge in [0.15, 0.2) is 0 Å². The highest BCUT2D eigenvalue weighted by atomic mass is 35.5. The second-order valence-corrected chi connectivity index (χ2v) is 4.07. The van der Waals surface area contributed by atoms with E-state index in [0.717, 1.165) is 5.69 Å². The van der Waals surface area contributed by atoms with Crippen molar-refractivity contribution in [3.63, 3.8) is 0 Å². The summed E-state index contributed by atoms with van der Waals surface area (Å²) < 4.78 is 5.65. The van der Waals surface area contributed by atoms with E-state index in [1.54, 1.807) is 18.2 Å². The smallest absolute Gasteiger partial charge is 0.145 e. The molecule has 0 heterocycles. The molecule has 0 aliphatic carbocycles. The monoisotopic (exact) mass is 258 g/mol. The Morgan fingerprint density at radius 3 is 2.50 bits per heavy atom. The summed E-state index contributed by atoms with van der Waals surface area (Å²) in [5.74, 6) is 1.17. The Bertz CT molecular complexity index is 588. The van der Waals surface area contributed by atoms with Crippen molar-refractivity contribution < 1.29 is 4.74 Å². The minimum atomic E-state index is 0.417. The predicted molar refractivity (Wildman–Crippen MR) is 72.2 cm³/mol. The molecule has 2 aromatic rings. The van der Waals surface area contributed by atoms with Crippen molar-refractivity contribution in [2.75, 3.05) is 12.4 Å². The summed E-state index contributed by atoms with van der Waals surface area (Å²) in [6.45, 7) is 0. The van der Waals surface area contributed by atoms with Gasteiger partial charge in [-0.05, 0) is 42.5 Å². The Morgan fingerprint density at radius 1 is 1.17 bits per heavy atom. The van der Waals surface area contributed by atoms with Crippen LogP contribution >= 0.6 is 11.6 Å². The molecule has 0 saturated heterocycles. The van der Waals surface area contributed by atoms with Crippen LogP contribution in [0.2, 0.25) is 5.02 Å². The molecule has 0 unspecified atom stereocenters. The Hall–Kier alpha value is -2.18. The molecule has 0 fully saturated rings. The molecule has 0 amide bonds. The van der Waals surface area contributed by atoms with Crippen LogP contribution in [0.5, 0.6) is 11.5 Å². The van der Waals surface area contributed by atoms with Gasteiger partial charge in [-0.25, -0.2) is 0 Å². The summed E-state index contributed by atoms with van der Waals surface area (Å²) in [6.07, 6.45) is 0. The number of anilines is 1. The number of hydrogen-bond donors (Lipinski definition) is 1. The molecule has 0 radical (unpaired) electrons. The molecule has 1 N–H and O–H groups in total. The number of halogens is 1. The maximum atomic E-state index is 9.00. The number of benzene rings is 2. The number of nitriles is 1. The average molecular weight is 259 g/mol. The van der Waals surface area contributed by atoms with Gasteiger partial charge in [0, 0.05) is 17.8 Å². The van der Waals surface area contributed by atoms with Crippen LogP contribution in [0.25, 0.3) is 0 Å². The van der Waals surface area contributed by atoms with E-state index >= 15 is 0 Å². The largest absolute Gasteiger partial charge is 0.456 e. The number of ether oxygens (including phenoxy) is 1. The van der Waals surface area contributed by atoms with Gasteiger partial charge in [-0.3, -0.25) is 0 Å². The zero-order chi connectivity index (χ0) is 13.0. The lowest BCUT2D eigenvalue weighted by Crippen LogP contribution is -1.90. The number of hydrogen-bond acceptors (Lipinski definition) is 3. The maximum absolute atomic E-state index is 9.00. The normalized spacial score (nSPS) is 9.61. The molecule has 18 heavy (non-hydrogen) atoms. The van der Waals surface area contributed by atoms with Gasteiger partial charge < -0.3 is 10.1 Å². The Labute approximate surface area is 111 Å². The summed E-state index contributed by atoms with van der Waals surface area (Å²) in [5.41, 5.74) is 1.42. The summed E-state index contributed by atoms with van der Waals surface area (Å²) in [7, 11) is 1.85. The minimum Gasteiger partial charge on any atom is -0.456 e. The molecule has 3 nitrogen and oxygen atoms in total. The molecule has 4 heteroatoms. The van der Waals surface area contributed by atoms with Crippen molar-refractivity contribution in [2.45, 2.75) is 0 Å². The first-order valence-corrected chi connectivity index (χ1v) is 5.76. The van der Waals surface area contributed by atoms with E-state index in [9.17, 15) is 0 Å². The zero-order valence-electron chi connectivity index (χ0n) is 9.77. The fourth-order valence-corrected chi connectivity index (χ4v) is 1.67. The van der Waals surface area contributed by atoms with Gasteiger partial charge in [0.1, 0.15) is 17.6 Å². The number of rotatable bonds is 3. The second-order valence-electron chi connectivity index (χ2n) is 3.63. The van der Waals surface area contributed by atoms with E-state index in [4.69, 9.17) is 21.6 Å². The first-order chi connectivity index (χ1) is 8.72. The Kier molecular flexibility index (Phi) is 3.71. The van der Waals surface area contributed by atoms with Crippen LogP contribution in [-0.2, 0) is 0 Å². The molecule has 0 saturated carbocycles. The third-order valence-corrected chi connectivity index (χ3v) is 2.67. The molecule has 90 valence electrons. The molecule has 2 aromatic carbocycles. The molecular formula is C14H11ClN2O. The summed E-state index contributed by atoms with van der Waals surface area (Å²) in [5, 5.41) is 12.5. The fraction of sp³-hybridized carbons (Fsp3) is 0.0714. The fourth-order valence-electron chi connectivity index (χ4n) is 1.50. The van der Waals surface area contributed by atoms with Gasteiger partial charge in [0.25, 0.3) is 0 Å². The van der Waals surface area contributed by atoms with Crippen LogP contribution in [0.1, 0.15) is 5.56 Å². The summed E-state index contributed by atoms with van der Waals surface area (Å²) in [4.78, 5) is 0. The molecule has 2 rings (SSSR count). The highest BCUT2D eigenvalue weighted by Crippen LogP contribution is 2.28. The van der Waals surface area contributed by atoms with E-state index in [1.807, 2.05) is 31.3 Å². The van der Waals surface area contributed by atoms with Gasteiger partial charge in [-0.15, -0.1) is 0 Å². The number of nitrogens with one attached hydrogen (secondary N) is 1. The highest BCUT2D eigenvalue weighted by molar-refractivity contribution is 6.30. The van der Waals surface area contributed by atoms with Crippen LogP contribution in [0.4, 0.5) is 5.69 Å². The van der Waals surface area contributed by atoms with E-state index < -0.39 is 0 Å². The topological polar surface area (TPSA) is 45.0 Å². The lowest BCUT2D eigenvalue weighted by molar-refractivity contribution is 0.481. The lowest BCUT2D eigenvalue weighted by Gasteiger charge is -2.08. The van der Waals surface area contributed by atoms with Crippen LogP contribution in [0.3, 0.4) is 0 Å². The third-order valence-electron chi connectivity index (χ3n) is 2.43. The van der Waals surface area contributed by atoms with Crippen molar-refractivity contribution in [2.24, 2.45) is 0 Å². The van der Waals surface area contributed by atoms with Gasteiger partial charge in [-0.2, -0.15) is 5.26 Å². The van der Waals surface area contributed by atoms with E-state index in [1.165, 1.54) is 0 Å². The van der Waals surface area contributed by atoms with Crippen molar-refractivity contribution in [3.05, 3.63) is 53.1 Å². The molecule has 0 aliphatic heterocycles. The lowest BCUT2D eigenvalue weighted by atomic mass is 10.2. The van der Waals surface area contributed by atoms with Crippen molar-refractivity contribution >= 4 is 17.3 Å². The standard InChI is InChI=1S/C14H11ClN2O/c1-17-12-3-5-13(6-4-12)18-14-7-2-11(15)8-10(14)9-16/h2-8,17H,1H3. The molecule has 0 aromatic heterocycles. The predicted octanol–water partition coefficient (Wildman–Crippen LogP) is 4.05. The number of nitrogens with zero attached hydrogens (tertiary/aromatic N) is 1. The molecule has 0 bridgehead atoms. The summed E-state index contributed by atoms with van der Waals surface area (Å²) in [6, 6.07) is 14.5. The first-order valence-electron chi connectivity index (χ1n) is 5.38. The van der Waals surface area contributed by atoms with E-state index in [0.29, 0.717) is 22.1 Å². The molecule has 0 spiro atoms. The van der Waals surface area contributed by atoms with Crippen molar-refractivity contribution in [1.29, 1.82) is 5.26 Å². The van der Waals surface area contributed by atoms with Gasteiger partial charge >= 0.3 is 0 Å². The average Bonchev–Trinajstić information content (AvgIpc) is 2.41. The second kappa shape index (κ2) is 5.44. The molecule has 0 atom stereocenters. The van der Waals surface area contributed by atoms with Crippen molar-refractivity contribution in [1.82, 2.24) is 0 Å². The minimum absolute atomic E-state index is 0.417. The van der Waals surface area contributed by atoms with Gasteiger partial charge in [0.2, 0.25) is 0 Å². The first kappa shape index (κ1) is 12.3. The third kappa shape index (κ3) is 2.73. The molecular weight excluding hydrogens is 248 g/mol. The zero-order valence-corrected chi connectivity index (χ0v) is 10.5. The Morgan fingerprint density at radius 2 is 1.89 bits per heavy atom. The SMILES string of the molecule is CNc1ccc(Oc2ccc(Cl)cc2C#N)cc1. The van der Waals surface area contributed by atoms with E-state index in [-0.39, 0.29) is 0 Å². The van der Waals surface area contributed by atoms with Crippen LogP contribution in [-0.4, -0.2) is 7.05 Å². The van der Waals surface area contributed by atoms with Crippen LogP contribution in [0, 0.1) is 11.3 Å². The van der Waals surface area contributed by atoms with Gasteiger partial charge in [0.05, 0.1) is 5.56 Å². The van der Waals surface area contributed by atoms with E-state index in [2.05, 4.69) is 11.4 Å².